The summed E-state index contributed by atoms with van der Waals surface area (Å²) in [6, 6.07) is 6.57. The van der Waals surface area contributed by atoms with Crippen molar-refractivity contribution in [3.63, 3.8) is 0 Å². The highest BCUT2D eigenvalue weighted by Crippen LogP contribution is 2.25. The number of hydrogen-bond acceptors (Lipinski definition) is 3. The normalized spacial score (nSPS) is 14.0. The van der Waals surface area contributed by atoms with Crippen LogP contribution in [0.1, 0.15) is 43.7 Å². The van der Waals surface area contributed by atoms with Crippen LogP contribution in [0.15, 0.2) is 18.2 Å². The molecule has 0 radical (unpaired) electrons. The number of hydrogen-bond donors (Lipinski definition) is 1. The summed E-state index contributed by atoms with van der Waals surface area (Å²) in [5.74, 6) is 1.01. The number of ether oxygens (including phenoxy) is 2. The summed E-state index contributed by atoms with van der Waals surface area (Å²) in [6.07, 6.45) is 7.44. The molecule has 0 unspecified atom stereocenters. The molecule has 0 saturated heterocycles. The van der Waals surface area contributed by atoms with E-state index in [4.69, 9.17) is 9.47 Å². The van der Waals surface area contributed by atoms with Gasteiger partial charge < -0.3 is 14.8 Å². The molecule has 3 nitrogen and oxygen atoms in total. The number of unbranched alkanes of at least 4 members (excludes halogenated alkanes) is 1. The molecule has 0 spiro atoms. The minimum Gasteiger partial charge on any atom is -0.492 e. The van der Waals surface area contributed by atoms with Crippen LogP contribution >= 0.6 is 0 Å². The Hall–Kier alpha value is -1.06. The highest BCUT2D eigenvalue weighted by atomic mass is 16.5. The van der Waals surface area contributed by atoms with Gasteiger partial charge in [-0.05, 0) is 55.4 Å². The van der Waals surface area contributed by atoms with Gasteiger partial charge in [0, 0.05) is 19.7 Å². The van der Waals surface area contributed by atoms with Crippen LogP contribution in [0, 0.1) is 0 Å². The van der Waals surface area contributed by atoms with Crippen molar-refractivity contribution in [1.29, 1.82) is 0 Å². The quantitative estimate of drug-likeness (QED) is 0.671. The molecule has 0 aromatic heterocycles. The molecular formula is C18H29NO2. The zero-order chi connectivity index (χ0) is 14.8. The molecule has 0 heterocycles. The van der Waals surface area contributed by atoms with Crippen molar-refractivity contribution in [3.8, 4) is 5.75 Å². The fraction of sp³-hybridized carbons (Fsp3) is 0.667. The van der Waals surface area contributed by atoms with E-state index in [0.717, 1.165) is 38.5 Å². The number of aryl methyl sites for hydroxylation is 2. The van der Waals surface area contributed by atoms with Gasteiger partial charge in [0.05, 0.1) is 6.61 Å². The van der Waals surface area contributed by atoms with Crippen LogP contribution < -0.4 is 10.1 Å². The van der Waals surface area contributed by atoms with Gasteiger partial charge in [-0.3, -0.25) is 0 Å². The maximum atomic E-state index is 5.81. The van der Waals surface area contributed by atoms with Crippen molar-refractivity contribution in [1.82, 2.24) is 5.32 Å². The molecule has 1 aliphatic rings. The van der Waals surface area contributed by atoms with Crippen molar-refractivity contribution >= 4 is 0 Å². The molecule has 118 valence electrons. The fourth-order valence-electron chi connectivity index (χ4n) is 2.66. The third-order valence-electron chi connectivity index (χ3n) is 3.93. The fourth-order valence-corrected chi connectivity index (χ4v) is 2.66. The smallest absolute Gasteiger partial charge is 0.119 e. The molecule has 0 bridgehead atoms. The second kappa shape index (κ2) is 9.80. The Kier molecular flexibility index (Phi) is 7.61. The lowest BCUT2D eigenvalue weighted by atomic mass is 9.92. The highest BCUT2D eigenvalue weighted by molar-refractivity contribution is 5.37. The average Bonchev–Trinajstić information content (AvgIpc) is 2.53. The van der Waals surface area contributed by atoms with Crippen molar-refractivity contribution < 1.29 is 9.47 Å². The van der Waals surface area contributed by atoms with Gasteiger partial charge in [-0.25, -0.2) is 0 Å². The zero-order valence-electron chi connectivity index (χ0n) is 13.3. The molecule has 3 heteroatoms. The lowest BCUT2D eigenvalue weighted by molar-refractivity contribution is 0.132. The number of nitrogens with one attached hydrogen (secondary N) is 1. The second-order valence-corrected chi connectivity index (χ2v) is 5.70. The predicted molar refractivity (Wildman–Crippen MR) is 87.2 cm³/mol. The van der Waals surface area contributed by atoms with E-state index in [-0.39, 0.29) is 0 Å². The first-order chi connectivity index (χ1) is 10.4. The molecular weight excluding hydrogens is 262 g/mol. The van der Waals surface area contributed by atoms with Gasteiger partial charge in [0.15, 0.2) is 0 Å². The molecule has 0 saturated carbocycles. The first-order valence-corrected chi connectivity index (χ1v) is 8.43. The van der Waals surface area contributed by atoms with Crippen molar-refractivity contribution in [3.05, 3.63) is 29.3 Å². The number of benzene rings is 1. The largest absolute Gasteiger partial charge is 0.492 e. The van der Waals surface area contributed by atoms with Crippen LogP contribution in [0.2, 0.25) is 0 Å². The maximum absolute atomic E-state index is 5.81. The minimum absolute atomic E-state index is 0.716. The van der Waals surface area contributed by atoms with Crippen molar-refractivity contribution in [2.75, 3.05) is 32.9 Å². The van der Waals surface area contributed by atoms with Gasteiger partial charge in [-0.1, -0.05) is 19.4 Å². The summed E-state index contributed by atoms with van der Waals surface area (Å²) < 4.78 is 11.3. The number of rotatable bonds is 10. The van der Waals surface area contributed by atoms with Gasteiger partial charge in [0.25, 0.3) is 0 Å². The van der Waals surface area contributed by atoms with E-state index >= 15 is 0 Å². The molecule has 0 amide bonds. The Labute approximate surface area is 129 Å². The molecule has 0 aliphatic heterocycles. The van der Waals surface area contributed by atoms with E-state index in [1.54, 1.807) is 0 Å². The van der Waals surface area contributed by atoms with Gasteiger partial charge in [0.1, 0.15) is 12.4 Å². The third kappa shape index (κ3) is 6.06. The standard InChI is InChI=1S/C18H29NO2/c1-2-3-12-20-13-10-19-11-14-21-18-9-8-16-6-4-5-7-17(16)15-18/h8-9,15,19H,2-7,10-14H2,1H3. The van der Waals surface area contributed by atoms with Crippen LogP contribution in [-0.2, 0) is 17.6 Å². The van der Waals surface area contributed by atoms with Gasteiger partial charge in [0.2, 0.25) is 0 Å². The summed E-state index contributed by atoms with van der Waals surface area (Å²) in [7, 11) is 0. The van der Waals surface area contributed by atoms with E-state index < -0.39 is 0 Å². The van der Waals surface area contributed by atoms with Gasteiger partial charge in [-0.2, -0.15) is 0 Å². The molecule has 1 aromatic carbocycles. The van der Waals surface area contributed by atoms with Crippen LogP contribution in [0.5, 0.6) is 5.75 Å². The van der Waals surface area contributed by atoms with Crippen LogP contribution in [0.3, 0.4) is 0 Å². The lowest BCUT2D eigenvalue weighted by Crippen LogP contribution is -2.25. The molecule has 0 atom stereocenters. The maximum Gasteiger partial charge on any atom is 0.119 e. The Balaban J connectivity index is 1.54. The molecule has 1 aromatic rings. The van der Waals surface area contributed by atoms with Gasteiger partial charge >= 0.3 is 0 Å². The van der Waals surface area contributed by atoms with E-state index in [1.165, 1.54) is 43.2 Å². The SMILES string of the molecule is CCCCOCCNCCOc1ccc2c(c1)CCCC2. The summed E-state index contributed by atoms with van der Waals surface area (Å²) in [4.78, 5) is 0. The average molecular weight is 291 g/mol. The Morgan fingerprint density at radius 3 is 2.67 bits per heavy atom. The van der Waals surface area contributed by atoms with Crippen LogP contribution in [0.25, 0.3) is 0 Å². The van der Waals surface area contributed by atoms with Gasteiger partial charge in [-0.15, -0.1) is 0 Å². The first-order valence-electron chi connectivity index (χ1n) is 8.43. The molecule has 21 heavy (non-hydrogen) atoms. The summed E-state index contributed by atoms with van der Waals surface area (Å²) >= 11 is 0. The predicted octanol–water partition coefficient (Wildman–Crippen LogP) is 3.35. The third-order valence-corrected chi connectivity index (χ3v) is 3.93. The monoisotopic (exact) mass is 291 g/mol. The molecule has 1 aliphatic carbocycles. The van der Waals surface area contributed by atoms with E-state index in [2.05, 4.69) is 30.4 Å². The Bertz CT molecular complexity index is 406. The van der Waals surface area contributed by atoms with E-state index in [9.17, 15) is 0 Å². The Morgan fingerprint density at radius 2 is 1.81 bits per heavy atom. The topological polar surface area (TPSA) is 30.5 Å². The lowest BCUT2D eigenvalue weighted by Gasteiger charge is -2.16. The number of fused-ring (bicyclic) bond motifs is 1. The Morgan fingerprint density at radius 1 is 1.00 bits per heavy atom. The molecule has 0 fully saturated rings. The summed E-state index contributed by atoms with van der Waals surface area (Å²) in [5.41, 5.74) is 2.99. The summed E-state index contributed by atoms with van der Waals surface area (Å²) in [6.45, 7) is 6.33. The first kappa shape index (κ1) is 16.3. The summed E-state index contributed by atoms with van der Waals surface area (Å²) in [5, 5.41) is 3.34. The molecule has 2 rings (SSSR count). The van der Waals surface area contributed by atoms with E-state index in [1.807, 2.05) is 0 Å². The zero-order valence-corrected chi connectivity index (χ0v) is 13.3. The van der Waals surface area contributed by atoms with Crippen LogP contribution in [-0.4, -0.2) is 32.9 Å². The molecule has 1 N–H and O–H groups in total. The van der Waals surface area contributed by atoms with Crippen molar-refractivity contribution in [2.45, 2.75) is 45.4 Å². The second-order valence-electron chi connectivity index (χ2n) is 5.70. The minimum atomic E-state index is 0.716. The highest BCUT2D eigenvalue weighted by Gasteiger charge is 2.09. The van der Waals surface area contributed by atoms with E-state index in [0.29, 0.717) is 6.61 Å². The van der Waals surface area contributed by atoms with Crippen LogP contribution in [0.4, 0.5) is 0 Å². The van der Waals surface area contributed by atoms with Crippen molar-refractivity contribution in [2.24, 2.45) is 0 Å².